The monoisotopic (exact) mass is 265 g/mol. The molecule has 18 heavy (non-hydrogen) atoms. The second-order valence-corrected chi connectivity index (χ2v) is 5.89. The molecule has 1 unspecified atom stereocenters. The molecule has 1 aromatic rings. The maximum absolute atomic E-state index is 6.13. The number of aryl methyl sites for hydroxylation is 1. The zero-order valence-electron chi connectivity index (χ0n) is 11.5. The Balaban J connectivity index is 2.17. The summed E-state index contributed by atoms with van der Waals surface area (Å²) in [5.41, 5.74) is 2.60. The van der Waals surface area contributed by atoms with Gasteiger partial charge < -0.3 is 5.32 Å². The summed E-state index contributed by atoms with van der Waals surface area (Å²) >= 11 is 6.13. The van der Waals surface area contributed by atoms with E-state index in [-0.39, 0.29) is 0 Å². The van der Waals surface area contributed by atoms with Crippen LogP contribution in [0.5, 0.6) is 0 Å². The fraction of sp³-hybridized carbons (Fsp3) is 0.625. The molecule has 0 bridgehead atoms. The van der Waals surface area contributed by atoms with Gasteiger partial charge in [-0.2, -0.15) is 0 Å². The highest BCUT2D eigenvalue weighted by molar-refractivity contribution is 6.31. The number of rotatable bonds is 5. The first-order chi connectivity index (χ1) is 8.72. The SMILES string of the molecule is CCCNC(c1ccc(Cl)c(C)c1)C1CCCC1. The number of benzene rings is 1. The van der Waals surface area contributed by atoms with E-state index in [2.05, 4.69) is 31.3 Å². The first-order valence-corrected chi connectivity index (χ1v) is 7.59. The van der Waals surface area contributed by atoms with Gasteiger partial charge in [0.25, 0.3) is 0 Å². The molecule has 0 amide bonds. The average Bonchev–Trinajstić information content (AvgIpc) is 2.88. The van der Waals surface area contributed by atoms with Crippen LogP contribution in [0.4, 0.5) is 0 Å². The van der Waals surface area contributed by atoms with Gasteiger partial charge >= 0.3 is 0 Å². The molecule has 0 aliphatic heterocycles. The molecule has 0 saturated heterocycles. The Morgan fingerprint density at radius 2 is 2.06 bits per heavy atom. The molecule has 1 aliphatic carbocycles. The quantitative estimate of drug-likeness (QED) is 0.800. The molecule has 1 atom stereocenters. The topological polar surface area (TPSA) is 12.0 Å². The molecule has 0 aromatic heterocycles. The lowest BCUT2D eigenvalue weighted by molar-refractivity contribution is 0.368. The fourth-order valence-corrected chi connectivity index (χ4v) is 3.13. The maximum atomic E-state index is 6.13. The van der Waals surface area contributed by atoms with E-state index in [9.17, 15) is 0 Å². The molecule has 0 heterocycles. The van der Waals surface area contributed by atoms with Gasteiger partial charge in [0.05, 0.1) is 0 Å². The number of halogens is 1. The summed E-state index contributed by atoms with van der Waals surface area (Å²) in [5, 5.41) is 4.61. The van der Waals surface area contributed by atoms with Gasteiger partial charge in [-0.1, -0.05) is 43.5 Å². The molecule has 1 N–H and O–H groups in total. The third kappa shape index (κ3) is 3.27. The van der Waals surface area contributed by atoms with Gasteiger partial charge in [-0.25, -0.2) is 0 Å². The third-order valence-electron chi connectivity index (χ3n) is 4.03. The highest BCUT2D eigenvalue weighted by Gasteiger charge is 2.25. The highest BCUT2D eigenvalue weighted by Crippen LogP contribution is 2.36. The summed E-state index contributed by atoms with van der Waals surface area (Å²) in [6, 6.07) is 7.01. The summed E-state index contributed by atoms with van der Waals surface area (Å²) in [6.07, 6.45) is 6.70. The molecule has 2 rings (SSSR count). The van der Waals surface area contributed by atoms with Crippen LogP contribution in [-0.2, 0) is 0 Å². The summed E-state index contributed by atoms with van der Waals surface area (Å²) in [5.74, 6) is 0.803. The van der Waals surface area contributed by atoms with Crippen LogP contribution in [0.1, 0.15) is 56.2 Å². The lowest BCUT2D eigenvalue weighted by Crippen LogP contribution is -2.27. The van der Waals surface area contributed by atoms with Crippen LogP contribution >= 0.6 is 11.6 Å². The molecule has 0 spiro atoms. The molecule has 2 heteroatoms. The van der Waals surface area contributed by atoms with Gasteiger partial charge in [0.2, 0.25) is 0 Å². The van der Waals surface area contributed by atoms with Crippen LogP contribution in [0.3, 0.4) is 0 Å². The minimum Gasteiger partial charge on any atom is -0.310 e. The van der Waals surface area contributed by atoms with Crippen molar-refractivity contribution in [1.82, 2.24) is 5.32 Å². The second kappa shape index (κ2) is 6.58. The van der Waals surface area contributed by atoms with Crippen LogP contribution < -0.4 is 5.32 Å². The van der Waals surface area contributed by atoms with Gasteiger partial charge in [0.1, 0.15) is 0 Å². The number of hydrogen-bond donors (Lipinski definition) is 1. The van der Waals surface area contributed by atoms with Crippen molar-refractivity contribution in [3.05, 3.63) is 34.3 Å². The molecular formula is C16H24ClN. The first-order valence-electron chi connectivity index (χ1n) is 7.21. The van der Waals surface area contributed by atoms with Gasteiger partial charge in [-0.15, -0.1) is 0 Å². The molecule has 1 aliphatic rings. The van der Waals surface area contributed by atoms with Crippen LogP contribution in [0.2, 0.25) is 5.02 Å². The molecule has 100 valence electrons. The molecule has 1 fully saturated rings. The van der Waals surface area contributed by atoms with Crippen molar-refractivity contribution in [3.8, 4) is 0 Å². The van der Waals surface area contributed by atoms with Gasteiger partial charge in [-0.3, -0.25) is 0 Å². The van der Waals surface area contributed by atoms with E-state index in [1.807, 2.05) is 6.07 Å². The summed E-state index contributed by atoms with van der Waals surface area (Å²) < 4.78 is 0. The summed E-state index contributed by atoms with van der Waals surface area (Å²) in [6.45, 7) is 5.42. The van der Waals surface area contributed by atoms with Crippen molar-refractivity contribution in [1.29, 1.82) is 0 Å². The standard InChI is InChI=1S/C16H24ClN/c1-3-10-18-16(13-6-4-5-7-13)14-8-9-15(17)12(2)11-14/h8-9,11,13,16,18H,3-7,10H2,1-2H3. The molecular weight excluding hydrogens is 242 g/mol. The van der Waals surface area contributed by atoms with Crippen molar-refractivity contribution in [2.45, 2.75) is 52.0 Å². The zero-order valence-corrected chi connectivity index (χ0v) is 12.3. The van der Waals surface area contributed by atoms with Crippen LogP contribution in [-0.4, -0.2) is 6.54 Å². The average molecular weight is 266 g/mol. The van der Waals surface area contributed by atoms with Crippen molar-refractivity contribution in [2.75, 3.05) is 6.54 Å². The Kier molecular flexibility index (Phi) is 5.08. The minimum atomic E-state index is 0.517. The van der Waals surface area contributed by atoms with Crippen molar-refractivity contribution in [3.63, 3.8) is 0 Å². The molecule has 1 saturated carbocycles. The lowest BCUT2D eigenvalue weighted by Gasteiger charge is -2.25. The van der Waals surface area contributed by atoms with E-state index < -0.39 is 0 Å². The summed E-state index contributed by atoms with van der Waals surface area (Å²) in [4.78, 5) is 0. The Labute approximate surface area is 116 Å². The van der Waals surface area contributed by atoms with Gasteiger partial charge in [0, 0.05) is 11.1 Å². The smallest absolute Gasteiger partial charge is 0.0435 e. The predicted molar refractivity (Wildman–Crippen MR) is 79.2 cm³/mol. The summed E-state index contributed by atoms with van der Waals surface area (Å²) in [7, 11) is 0. The van der Waals surface area contributed by atoms with Crippen LogP contribution in [0.15, 0.2) is 18.2 Å². The Bertz CT molecular complexity index is 383. The Hall–Kier alpha value is -0.530. The maximum Gasteiger partial charge on any atom is 0.0435 e. The van der Waals surface area contributed by atoms with Gasteiger partial charge in [-0.05, 0) is 55.8 Å². The molecule has 1 aromatic carbocycles. The van der Waals surface area contributed by atoms with E-state index in [1.54, 1.807) is 0 Å². The van der Waals surface area contributed by atoms with Gasteiger partial charge in [0.15, 0.2) is 0 Å². The van der Waals surface area contributed by atoms with E-state index >= 15 is 0 Å². The van der Waals surface area contributed by atoms with E-state index in [1.165, 1.54) is 43.2 Å². The number of nitrogens with one attached hydrogen (secondary N) is 1. The highest BCUT2D eigenvalue weighted by atomic mass is 35.5. The fourth-order valence-electron chi connectivity index (χ4n) is 3.01. The van der Waals surface area contributed by atoms with Crippen molar-refractivity contribution < 1.29 is 0 Å². The Morgan fingerprint density at radius 3 is 2.67 bits per heavy atom. The van der Waals surface area contributed by atoms with E-state index in [0.29, 0.717) is 6.04 Å². The predicted octanol–water partition coefficient (Wildman–Crippen LogP) is 4.88. The second-order valence-electron chi connectivity index (χ2n) is 5.48. The molecule has 0 radical (unpaired) electrons. The van der Waals surface area contributed by atoms with E-state index in [0.717, 1.165) is 17.5 Å². The Morgan fingerprint density at radius 1 is 1.33 bits per heavy atom. The largest absolute Gasteiger partial charge is 0.310 e. The zero-order chi connectivity index (χ0) is 13.0. The van der Waals surface area contributed by atoms with Crippen molar-refractivity contribution in [2.24, 2.45) is 5.92 Å². The normalized spacial score (nSPS) is 18.2. The van der Waals surface area contributed by atoms with E-state index in [4.69, 9.17) is 11.6 Å². The lowest BCUT2D eigenvalue weighted by atomic mass is 9.90. The minimum absolute atomic E-state index is 0.517. The molecule has 1 nitrogen and oxygen atoms in total. The first kappa shape index (κ1) is 13.9. The van der Waals surface area contributed by atoms with Crippen molar-refractivity contribution >= 4 is 11.6 Å². The third-order valence-corrected chi connectivity index (χ3v) is 4.45. The van der Waals surface area contributed by atoms with Crippen LogP contribution in [0, 0.1) is 12.8 Å². The number of hydrogen-bond acceptors (Lipinski definition) is 1. The van der Waals surface area contributed by atoms with Crippen LogP contribution in [0.25, 0.3) is 0 Å².